The van der Waals surface area contributed by atoms with Crippen molar-refractivity contribution >= 4 is 20.9 Å². The number of aryl methyl sites for hydroxylation is 1. The molecule has 2 unspecified atom stereocenters. The lowest BCUT2D eigenvalue weighted by atomic mass is 9.92. The minimum absolute atomic E-state index is 0.172. The normalized spacial score (nSPS) is 21.6. The molecule has 1 saturated carbocycles. The summed E-state index contributed by atoms with van der Waals surface area (Å²) in [7, 11) is -3.90. The molecule has 0 spiro atoms. The maximum absolute atomic E-state index is 13.7. The van der Waals surface area contributed by atoms with E-state index in [-0.39, 0.29) is 10.8 Å². The van der Waals surface area contributed by atoms with Gasteiger partial charge in [0.2, 0.25) is 0 Å². The summed E-state index contributed by atoms with van der Waals surface area (Å²) >= 11 is 0. The molecule has 3 aromatic rings. The summed E-state index contributed by atoms with van der Waals surface area (Å²) < 4.78 is 28.7. The summed E-state index contributed by atoms with van der Waals surface area (Å²) in [4.78, 5) is 2.98. The van der Waals surface area contributed by atoms with Crippen LogP contribution in [0.15, 0.2) is 64.6 Å². The number of rotatable bonds is 6. The Bertz CT molecular complexity index is 1230. The Morgan fingerprint density at radius 2 is 1.90 bits per heavy atom. The highest BCUT2D eigenvalue weighted by Gasteiger charge is 2.44. The van der Waals surface area contributed by atoms with Gasteiger partial charge in [-0.2, -0.15) is 0 Å². The van der Waals surface area contributed by atoms with Crippen molar-refractivity contribution in [3.8, 4) is 0 Å². The van der Waals surface area contributed by atoms with Gasteiger partial charge >= 0.3 is 0 Å². The Hall–Kier alpha value is -2.80. The van der Waals surface area contributed by atoms with Crippen molar-refractivity contribution in [1.82, 2.24) is 3.97 Å². The summed E-state index contributed by atoms with van der Waals surface area (Å²) in [6, 6.07) is 15.7. The number of hydrogen-bond acceptors (Lipinski definition) is 4. The van der Waals surface area contributed by atoms with E-state index >= 15 is 0 Å². The van der Waals surface area contributed by atoms with Crippen LogP contribution in [0.5, 0.6) is 0 Å². The predicted octanol–water partition coefficient (Wildman–Crippen LogP) is 4.87. The molecule has 0 aliphatic heterocycles. The molecule has 7 nitrogen and oxygen atoms in total. The summed E-state index contributed by atoms with van der Waals surface area (Å²) in [6.45, 7) is 2.25. The molecule has 0 saturated heterocycles. The maximum Gasteiger partial charge on any atom is 0.268 e. The van der Waals surface area contributed by atoms with E-state index in [1.165, 1.54) is 3.97 Å². The minimum Gasteiger partial charge on any atom is -0.384 e. The first-order chi connectivity index (χ1) is 14.4. The second-order valence-corrected chi connectivity index (χ2v) is 9.74. The zero-order chi connectivity index (χ0) is 21.4. The summed E-state index contributed by atoms with van der Waals surface area (Å²) in [6.07, 6.45) is 2.34. The molecule has 2 aromatic carbocycles. The molecular formula is C22H24N4O3S. The van der Waals surface area contributed by atoms with Crippen LogP contribution in [0.4, 0.5) is 0 Å². The molecule has 1 aliphatic carbocycles. The van der Waals surface area contributed by atoms with E-state index in [9.17, 15) is 13.5 Å². The second-order valence-electron chi connectivity index (χ2n) is 7.96. The molecule has 1 N–H and O–H groups in total. The zero-order valence-corrected chi connectivity index (χ0v) is 17.6. The Morgan fingerprint density at radius 1 is 1.20 bits per heavy atom. The Balaban J connectivity index is 1.88. The highest BCUT2D eigenvalue weighted by molar-refractivity contribution is 7.90. The first-order valence-electron chi connectivity index (χ1n) is 10.0. The number of benzene rings is 2. The smallest absolute Gasteiger partial charge is 0.268 e. The average molecular weight is 425 g/mol. The summed E-state index contributed by atoms with van der Waals surface area (Å²) in [5.41, 5.74) is 9.05. The van der Waals surface area contributed by atoms with Gasteiger partial charge < -0.3 is 5.11 Å². The van der Waals surface area contributed by atoms with E-state index in [0.29, 0.717) is 37.0 Å². The number of aliphatic hydroxyl groups is 1. The third-order valence-corrected chi connectivity index (χ3v) is 7.83. The topological polar surface area (TPSA) is 108 Å². The van der Waals surface area contributed by atoms with Crippen molar-refractivity contribution in [1.29, 1.82) is 0 Å². The van der Waals surface area contributed by atoms with Crippen LogP contribution in [0, 0.1) is 12.8 Å². The van der Waals surface area contributed by atoms with Gasteiger partial charge in [-0.3, -0.25) is 0 Å². The van der Waals surface area contributed by atoms with Crippen LogP contribution >= 0.6 is 0 Å². The molecule has 1 fully saturated rings. The molecular weight excluding hydrogens is 400 g/mol. The van der Waals surface area contributed by atoms with E-state index in [0.717, 1.165) is 17.4 Å². The number of azide groups is 1. The maximum atomic E-state index is 13.7. The highest BCUT2D eigenvalue weighted by atomic mass is 32.2. The molecule has 156 valence electrons. The van der Waals surface area contributed by atoms with Crippen LogP contribution < -0.4 is 0 Å². The van der Waals surface area contributed by atoms with E-state index in [2.05, 4.69) is 10.0 Å². The largest absolute Gasteiger partial charge is 0.384 e. The number of fused-ring (bicyclic) bond motifs is 1. The standard InChI is InChI=1S/C22H24N4O3S/c1-16-19-9-5-6-10-20(19)26(30(28,29)18-7-3-2-4-8-18)21(16)22(27)13-11-17(15-22)12-14-24-25-23/h2-10,17,27H,11-15H2,1H3. The lowest BCUT2D eigenvalue weighted by molar-refractivity contribution is 0.0342. The van der Waals surface area contributed by atoms with Crippen molar-refractivity contribution in [2.24, 2.45) is 11.0 Å². The van der Waals surface area contributed by atoms with Gasteiger partial charge in [0.25, 0.3) is 10.0 Å². The van der Waals surface area contributed by atoms with Crippen molar-refractivity contribution in [3.05, 3.63) is 76.3 Å². The quantitative estimate of drug-likeness (QED) is 0.346. The van der Waals surface area contributed by atoms with Crippen LogP contribution in [0.2, 0.25) is 0 Å². The van der Waals surface area contributed by atoms with Crippen LogP contribution in [0.3, 0.4) is 0 Å². The van der Waals surface area contributed by atoms with Gasteiger partial charge in [-0.25, -0.2) is 12.4 Å². The Kier molecular flexibility index (Phi) is 5.32. The van der Waals surface area contributed by atoms with E-state index < -0.39 is 15.6 Å². The molecule has 30 heavy (non-hydrogen) atoms. The summed E-state index contributed by atoms with van der Waals surface area (Å²) in [5, 5.41) is 16.1. The van der Waals surface area contributed by atoms with Gasteiger partial charge in [0, 0.05) is 16.8 Å². The van der Waals surface area contributed by atoms with Crippen molar-refractivity contribution in [3.63, 3.8) is 0 Å². The van der Waals surface area contributed by atoms with E-state index in [1.807, 2.05) is 25.1 Å². The first-order valence-corrected chi connectivity index (χ1v) is 11.5. The SMILES string of the molecule is Cc1c(C2(O)CCC(CCN=[N+]=[N-])C2)n(S(=O)(=O)c2ccccc2)c2ccccc12. The van der Waals surface area contributed by atoms with Gasteiger partial charge in [-0.15, -0.1) is 0 Å². The predicted molar refractivity (Wildman–Crippen MR) is 116 cm³/mol. The lowest BCUT2D eigenvalue weighted by Crippen LogP contribution is -2.29. The van der Waals surface area contributed by atoms with Gasteiger partial charge in [-0.05, 0) is 67.8 Å². The van der Waals surface area contributed by atoms with Crippen molar-refractivity contribution in [2.45, 2.75) is 43.1 Å². The molecule has 8 heteroatoms. The second kappa shape index (κ2) is 7.80. The van der Waals surface area contributed by atoms with E-state index in [1.54, 1.807) is 36.4 Å². The van der Waals surface area contributed by atoms with Crippen LogP contribution in [0.1, 0.15) is 36.9 Å². The number of nitrogens with zero attached hydrogens (tertiary/aromatic N) is 4. The molecule has 0 radical (unpaired) electrons. The molecule has 4 rings (SSSR count). The van der Waals surface area contributed by atoms with Crippen molar-refractivity contribution in [2.75, 3.05) is 6.54 Å². The van der Waals surface area contributed by atoms with Crippen LogP contribution in [0.25, 0.3) is 21.3 Å². The fourth-order valence-corrected chi connectivity index (χ4v) is 6.40. The highest BCUT2D eigenvalue weighted by Crippen LogP contribution is 2.47. The monoisotopic (exact) mass is 424 g/mol. The summed E-state index contributed by atoms with van der Waals surface area (Å²) in [5.74, 6) is 0.172. The molecule has 1 heterocycles. The molecule has 1 aromatic heterocycles. The Labute approximate surface area is 175 Å². The number of aromatic nitrogens is 1. The minimum atomic E-state index is -3.90. The lowest BCUT2D eigenvalue weighted by Gasteiger charge is -2.26. The number of para-hydroxylation sites is 1. The van der Waals surface area contributed by atoms with Crippen molar-refractivity contribution < 1.29 is 13.5 Å². The zero-order valence-electron chi connectivity index (χ0n) is 16.8. The molecule has 1 aliphatic rings. The van der Waals surface area contributed by atoms with Gasteiger partial charge in [0.15, 0.2) is 0 Å². The number of hydrogen-bond donors (Lipinski definition) is 1. The fourth-order valence-electron chi connectivity index (χ4n) is 4.72. The Morgan fingerprint density at radius 3 is 2.63 bits per heavy atom. The van der Waals surface area contributed by atoms with Gasteiger partial charge in [0.1, 0.15) is 5.60 Å². The van der Waals surface area contributed by atoms with Crippen LogP contribution in [-0.2, 0) is 15.6 Å². The average Bonchev–Trinajstić information content (AvgIpc) is 3.28. The molecule has 0 amide bonds. The van der Waals surface area contributed by atoms with Gasteiger partial charge in [-0.1, -0.05) is 41.5 Å². The molecule has 2 atom stereocenters. The molecule has 0 bridgehead atoms. The third kappa shape index (κ3) is 3.37. The first kappa shape index (κ1) is 20.5. The fraction of sp³-hybridized carbons (Fsp3) is 0.364. The third-order valence-electron chi connectivity index (χ3n) is 6.10. The van der Waals surface area contributed by atoms with Crippen LogP contribution in [-0.4, -0.2) is 24.0 Å². The van der Waals surface area contributed by atoms with Gasteiger partial charge in [0.05, 0.1) is 16.1 Å². The van der Waals surface area contributed by atoms with E-state index in [4.69, 9.17) is 5.53 Å².